The van der Waals surface area contributed by atoms with Crippen molar-refractivity contribution in [3.8, 4) is 11.5 Å². The first-order valence-electron chi connectivity index (χ1n) is 14.1. The van der Waals surface area contributed by atoms with Gasteiger partial charge in [-0.25, -0.2) is 0 Å². The standard InChI is InChI=1S/C30H34N4O8S/c1-2-41-25-17-21(3-8-24(25)42-20-28(36)33-11-15-40-16-12-33)18-26-29(37)34(30(38)43-26)19-27(35)31-22-4-6-23(7-5-22)32-9-13-39-14-10-32/h3-8,17-18H,2,9-16,19-20H2,1H3,(H,31,35)/b26-18-. The Kier molecular flexibility index (Phi) is 10.2. The van der Waals surface area contributed by atoms with Gasteiger partial charge in [-0.3, -0.25) is 24.1 Å². The molecule has 2 aromatic carbocycles. The molecule has 3 heterocycles. The van der Waals surface area contributed by atoms with Crippen LogP contribution in [0.2, 0.25) is 0 Å². The van der Waals surface area contributed by atoms with Crippen LogP contribution in [0, 0.1) is 0 Å². The highest BCUT2D eigenvalue weighted by atomic mass is 32.2. The average Bonchev–Trinajstić information content (AvgIpc) is 3.29. The van der Waals surface area contributed by atoms with Crippen molar-refractivity contribution in [1.82, 2.24) is 9.80 Å². The van der Waals surface area contributed by atoms with Gasteiger partial charge in [0.1, 0.15) is 6.54 Å². The molecule has 3 fully saturated rings. The predicted molar refractivity (Wildman–Crippen MR) is 161 cm³/mol. The average molecular weight is 611 g/mol. The van der Waals surface area contributed by atoms with E-state index in [-0.39, 0.29) is 17.4 Å². The molecule has 0 radical (unpaired) electrons. The number of nitrogens with zero attached hydrogens (tertiary/aromatic N) is 3. The minimum atomic E-state index is -0.554. The lowest BCUT2D eigenvalue weighted by Gasteiger charge is -2.28. The van der Waals surface area contributed by atoms with E-state index in [1.54, 1.807) is 41.3 Å². The molecule has 13 heteroatoms. The monoisotopic (exact) mass is 610 g/mol. The van der Waals surface area contributed by atoms with Crippen LogP contribution in [0.15, 0.2) is 47.4 Å². The van der Waals surface area contributed by atoms with Gasteiger partial charge in [0.15, 0.2) is 18.1 Å². The van der Waals surface area contributed by atoms with E-state index in [2.05, 4.69) is 10.2 Å². The van der Waals surface area contributed by atoms with Crippen molar-refractivity contribution in [2.45, 2.75) is 6.92 Å². The molecule has 0 bridgehead atoms. The summed E-state index contributed by atoms with van der Waals surface area (Å²) in [6.07, 6.45) is 1.57. The smallest absolute Gasteiger partial charge is 0.294 e. The third kappa shape index (κ3) is 7.86. The van der Waals surface area contributed by atoms with E-state index in [0.717, 1.165) is 35.4 Å². The highest BCUT2D eigenvalue weighted by Crippen LogP contribution is 2.35. The lowest BCUT2D eigenvalue weighted by Crippen LogP contribution is -2.43. The Morgan fingerprint density at radius 3 is 2.33 bits per heavy atom. The molecule has 0 spiro atoms. The topological polar surface area (TPSA) is 127 Å². The number of morpholine rings is 2. The molecule has 3 saturated heterocycles. The second-order valence-corrected chi connectivity index (χ2v) is 10.9. The van der Waals surface area contributed by atoms with Crippen LogP contribution in [-0.2, 0) is 23.9 Å². The molecular weight excluding hydrogens is 576 g/mol. The maximum Gasteiger partial charge on any atom is 0.294 e. The van der Waals surface area contributed by atoms with Gasteiger partial charge in [-0.05, 0) is 66.7 Å². The lowest BCUT2D eigenvalue weighted by atomic mass is 10.2. The number of anilines is 2. The summed E-state index contributed by atoms with van der Waals surface area (Å²) >= 11 is 0.766. The number of ether oxygens (including phenoxy) is 4. The van der Waals surface area contributed by atoms with Crippen LogP contribution in [-0.4, -0.2) is 105 Å². The molecule has 0 aromatic heterocycles. The van der Waals surface area contributed by atoms with Crippen LogP contribution in [0.5, 0.6) is 11.5 Å². The van der Waals surface area contributed by atoms with Gasteiger partial charge < -0.3 is 34.1 Å². The van der Waals surface area contributed by atoms with E-state index in [1.165, 1.54) is 0 Å². The largest absolute Gasteiger partial charge is 0.490 e. The van der Waals surface area contributed by atoms with Gasteiger partial charge in [0, 0.05) is 37.6 Å². The SMILES string of the molecule is CCOc1cc(/C=C2\SC(=O)N(CC(=O)Nc3ccc(N4CCOCC4)cc3)C2=O)ccc1OCC(=O)N1CCOCC1. The van der Waals surface area contributed by atoms with Gasteiger partial charge in [-0.2, -0.15) is 0 Å². The summed E-state index contributed by atoms with van der Waals surface area (Å²) in [7, 11) is 0. The molecule has 0 aliphatic carbocycles. The molecule has 43 heavy (non-hydrogen) atoms. The number of hydrogen-bond acceptors (Lipinski definition) is 10. The van der Waals surface area contributed by atoms with Crippen LogP contribution in [0.25, 0.3) is 6.08 Å². The summed E-state index contributed by atoms with van der Waals surface area (Å²) in [6.45, 7) is 6.67. The minimum Gasteiger partial charge on any atom is -0.490 e. The summed E-state index contributed by atoms with van der Waals surface area (Å²) in [5.41, 5.74) is 2.21. The Hall–Kier alpha value is -4.07. The molecular formula is C30H34N4O8S. The molecule has 3 aliphatic rings. The first-order valence-corrected chi connectivity index (χ1v) is 15.0. The fourth-order valence-corrected chi connectivity index (χ4v) is 5.59. The van der Waals surface area contributed by atoms with Crippen molar-refractivity contribution >= 4 is 52.2 Å². The Labute approximate surface area is 253 Å². The van der Waals surface area contributed by atoms with Crippen molar-refractivity contribution in [1.29, 1.82) is 0 Å². The van der Waals surface area contributed by atoms with E-state index in [0.29, 0.717) is 68.9 Å². The normalized spacial score (nSPS) is 18.3. The number of hydrogen-bond donors (Lipinski definition) is 1. The van der Waals surface area contributed by atoms with Gasteiger partial charge in [-0.15, -0.1) is 0 Å². The number of carbonyl (C=O) groups excluding carboxylic acids is 4. The van der Waals surface area contributed by atoms with Crippen LogP contribution in [0.3, 0.4) is 0 Å². The highest BCUT2D eigenvalue weighted by Gasteiger charge is 2.36. The molecule has 0 unspecified atom stereocenters. The van der Waals surface area contributed by atoms with E-state index < -0.39 is 23.6 Å². The number of amides is 4. The first-order chi connectivity index (χ1) is 20.9. The van der Waals surface area contributed by atoms with E-state index >= 15 is 0 Å². The number of nitrogens with one attached hydrogen (secondary N) is 1. The fourth-order valence-electron chi connectivity index (χ4n) is 4.75. The second-order valence-electron chi connectivity index (χ2n) is 9.88. The van der Waals surface area contributed by atoms with Crippen molar-refractivity contribution in [3.05, 3.63) is 52.9 Å². The van der Waals surface area contributed by atoms with E-state index in [4.69, 9.17) is 18.9 Å². The number of thioether (sulfide) groups is 1. The number of benzene rings is 2. The fraction of sp³-hybridized carbons (Fsp3) is 0.400. The third-order valence-corrected chi connectivity index (χ3v) is 7.89. The molecule has 2 aromatic rings. The van der Waals surface area contributed by atoms with Crippen molar-refractivity contribution in [2.75, 3.05) is 82.6 Å². The summed E-state index contributed by atoms with van der Waals surface area (Å²) < 4.78 is 22.1. The molecule has 12 nitrogen and oxygen atoms in total. The van der Waals surface area contributed by atoms with E-state index in [9.17, 15) is 19.2 Å². The molecule has 0 atom stereocenters. The van der Waals surface area contributed by atoms with Crippen molar-refractivity contribution in [3.63, 3.8) is 0 Å². The molecule has 1 N–H and O–H groups in total. The zero-order valence-electron chi connectivity index (χ0n) is 23.9. The van der Waals surface area contributed by atoms with E-state index in [1.807, 2.05) is 19.1 Å². The molecule has 5 rings (SSSR count). The van der Waals surface area contributed by atoms with Gasteiger partial charge in [-0.1, -0.05) is 6.07 Å². The zero-order chi connectivity index (χ0) is 30.2. The van der Waals surface area contributed by atoms with Crippen LogP contribution in [0.4, 0.5) is 16.2 Å². The lowest BCUT2D eigenvalue weighted by molar-refractivity contribution is -0.137. The summed E-state index contributed by atoms with van der Waals surface area (Å²) in [5.74, 6) is -0.373. The Bertz CT molecular complexity index is 1370. The minimum absolute atomic E-state index is 0.140. The molecule has 4 amide bonds. The van der Waals surface area contributed by atoms with Crippen molar-refractivity contribution in [2.24, 2.45) is 0 Å². The quantitative estimate of drug-likeness (QED) is 0.401. The Morgan fingerprint density at radius 2 is 1.63 bits per heavy atom. The highest BCUT2D eigenvalue weighted by molar-refractivity contribution is 8.18. The number of carbonyl (C=O) groups is 4. The van der Waals surface area contributed by atoms with Gasteiger partial charge in [0.05, 0.1) is 37.9 Å². The van der Waals surface area contributed by atoms with Gasteiger partial charge >= 0.3 is 0 Å². The molecule has 3 aliphatic heterocycles. The summed E-state index contributed by atoms with van der Waals surface area (Å²) in [6, 6.07) is 12.5. The Morgan fingerprint density at radius 1 is 0.930 bits per heavy atom. The Balaban J connectivity index is 1.18. The molecule has 228 valence electrons. The number of imide groups is 1. The molecule has 0 saturated carbocycles. The predicted octanol–water partition coefficient (Wildman–Crippen LogP) is 2.83. The van der Waals surface area contributed by atoms with Crippen LogP contribution < -0.4 is 19.7 Å². The summed E-state index contributed by atoms with van der Waals surface area (Å²) in [4.78, 5) is 55.9. The maximum atomic E-state index is 13.0. The second kappa shape index (κ2) is 14.4. The van der Waals surface area contributed by atoms with Crippen LogP contribution >= 0.6 is 11.8 Å². The van der Waals surface area contributed by atoms with Crippen molar-refractivity contribution < 1.29 is 38.1 Å². The maximum absolute atomic E-state index is 13.0. The third-order valence-electron chi connectivity index (χ3n) is 6.98. The van der Waals surface area contributed by atoms with Gasteiger partial charge in [0.2, 0.25) is 5.91 Å². The zero-order valence-corrected chi connectivity index (χ0v) is 24.7. The van der Waals surface area contributed by atoms with Crippen LogP contribution in [0.1, 0.15) is 12.5 Å². The number of rotatable bonds is 10. The summed E-state index contributed by atoms with van der Waals surface area (Å²) in [5, 5.41) is 2.23. The first kappa shape index (κ1) is 30.4. The van der Waals surface area contributed by atoms with Gasteiger partial charge in [0.25, 0.3) is 17.1 Å².